The molecule has 29 heavy (non-hydrogen) atoms. The molecule has 1 unspecified atom stereocenters. The molecule has 158 valence electrons. The third kappa shape index (κ3) is 3.66. The summed E-state index contributed by atoms with van der Waals surface area (Å²) < 4.78 is 10.9. The Kier molecular flexibility index (Phi) is 5.38. The summed E-state index contributed by atoms with van der Waals surface area (Å²) in [5.41, 5.74) is -0.815. The van der Waals surface area contributed by atoms with Gasteiger partial charge in [0.15, 0.2) is 0 Å². The van der Waals surface area contributed by atoms with Crippen molar-refractivity contribution in [3.8, 4) is 0 Å². The number of carbonyl (C=O) groups is 3. The Labute approximate surface area is 170 Å². The molecular weight excluding hydrogens is 374 g/mol. The first-order chi connectivity index (χ1) is 13.9. The number of amides is 4. The lowest BCUT2D eigenvalue weighted by Crippen LogP contribution is -2.50. The second-order valence-electron chi connectivity index (χ2n) is 8.57. The fraction of sp³-hybridized carbons (Fsp3) is 0.667. The highest BCUT2D eigenvalue weighted by Crippen LogP contribution is 2.37. The van der Waals surface area contributed by atoms with Crippen LogP contribution in [0.25, 0.3) is 0 Å². The molecule has 3 heterocycles. The van der Waals surface area contributed by atoms with E-state index in [1.165, 1.54) is 0 Å². The van der Waals surface area contributed by atoms with Gasteiger partial charge in [0, 0.05) is 13.7 Å². The molecule has 1 spiro atoms. The van der Waals surface area contributed by atoms with E-state index in [4.69, 9.17) is 9.15 Å². The smallest absolute Gasteiger partial charge is 0.325 e. The van der Waals surface area contributed by atoms with E-state index in [1.54, 1.807) is 12.0 Å². The van der Waals surface area contributed by atoms with Gasteiger partial charge in [-0.15, -0.1) is 0 Å². The molecular formula is C21H29N3O5. The van der Waals surface area contributed by atoms with Gasteiger partial charge in [0.25, 0.3) is 5.91 Å². The lowest BCUT2D eigenvalue weighted by Gasteiger charge is -2.33. The summed E-state index contributed by atoms with van der Waals surface area (Å²) in [6.45, 7) is 2.92. The number of likely N-dealkylation sites (tertiary alicyclic amines) is 1. The van der Waals surface area contributed by atoms with Gasteiger partial charge < -0.3 is 19.4 Å². The average molecular weight is 403 g/mol. The van der Waals surface area contributed by atoms with Crippen LogP contribution in [0.4, 0.5) is 4.79 Å². The second kappa shape index (κ2) is 7.82. The molecule has 2 saturated heterocycles. The van der Waals surface area contributed by atoms with Crippen molar-refractivity contribution in [2.75, 3.05) is 20.2 Å². The van der Waals surface area contributed by atoms with Crippen molar-refractivity contribution in [1.82, 2.24) is 15.1 Å². The Balaban J connectivity index is 1.44. The summed E-state index contributed by atoms with van der Waals surface area (Å²) in [5, 5.41) is 2.88. The maximum absolute atomic E-state index is 13.0. The number of furan rings is 1. The lowest BCUT2D eigenvalue weighted by molar-refractivity contribution is -0.140. The molecule has 1 aromatic heterocycles. The number of ether oxygens (including phenoxy) is 1. The van der Waals surface area contributed by atoms with Crippen LogP contribution in [0.15, 0.2) is 16.5 Å². The molecule has 2 aliphatic heterocycles. The van der Waals surface area contributed by atoms with Crippen molar-refractivity contribution in [3.63, 3.8) is 0 Å². The van der Waals surface area contributed by atoms with Crippen LogP contribution in [-0.2, 0) is 20.9 Å². The summed E-state index contributed by atoms with van der Waals surface area (Å²) >= 11 is 0. The molecule has 3 fully saturated rings. The van der Waals surface area contributed by atoms with Crippen molar-refractivity contribution in [3.05, 3.63) is 23.7 Å². The zero-order chi connectivity index (χ0) is 20.6. The van der Waals surface area contributed by atoms with Crippen molar-refractivity contribution < 1.29 is 23.5 Å². The molecule has 0 radical (unpaired) electrons. The van der Waals surface area contributed by atoms with Gasteiger partial charge in [0.2, 0.25) is 5.91 Å². The van der Waals surface area contributed by atoms with Crippen LogP contribution in [-0.4, -0.2) is 53.4 Å². The monoisotopic (exact) mass is 403 g/mol. The molecule has 1 atom stereocenters. The van der Waals surface area contributed by atoms with Crippen LogP contribution in [0, 0.1) is 5.92 Å². The van der Waals surface area contributed by atoms with E-state index in [-0.39, 0.29) is 24.4 Å². The van der Waals surface area contributed by atoms with Gasteiger partial charge in [0.1, 0.15) is 30.2 Å². The quantitative estimate of drug-likeness (QED) is 0.763. The first kappa shape index (κ1) is 19.9. The van der Waals surface area contributed by atoms with E-state index in [9.17, 15) is 14.4 Å². The van der Waals surface area contributed by atoms with Gasteiger partial charge in [-0.1, -0.05) is 6.92 Å². The minimum Gasteiger partial charge on any atom is -0.461 e. The summed E-state index contributed by atoms with van der Waals surface area (Å²) in [4.78, 5) is 41.4. The number of nitrogens with one attached hydrogen (secondary N) is 1. The average Bonchev–Trinajstić information content (AvgIpc) is 3.40. The predicted octanol–water partition coefficient (Wildman–Crippen LogP) is 2.59. The Hall–Kier alpha value is -2.35. The van der Waals surface area contributed by atoms with Crippen LogP contribution in [0.3, 0.4) is 0 Å². The molecule has 0 bridgehead atoms. The van der Waals surface area contributed by atoms with Gasteiger partial charge in [-0.3, -0.25) is 14.5 Å². The predicted molar refractivity (Wildman–Crippen MR) is 104 cm³/mol. The molecule has 3 aliphatic rings. The van der Waals surface area contributed by atoms with Crippen LogP contribution in [0.5, 0.6) is 0 Å². The third-order valence-corrected chi connectivity index (χ3v) is 6.54. The maximum atomic E-state index is 13.0. The van der Waals surface area contributed by atoms with Gasteiger partial charge in [-0.05, 0) is 56.6 Å². The van der Waals surface area contributed by atoms with E-state index in [1.807, 2.05) is 12.1 Å². The Bertz CT molecular complexity index is 796. The highest BCUT2D eigenvalue weighted by Gasteiger charge is 2.52. The van der Waals surface area contributed by atoms with Gasteiger partial charge in [0.05, 0.1) is 6.04 Å². The molecule has 1 N–H and O–H groups in total. The van der Waals surface area contributed by atoms with Gasteiger partial charge in [-0.25, -0.2) is 4.79 Å². The summed E-state index contributed by atoms with van der Waals surface area (Å²) in [6, 6.07) is 3.11. The number of hydrogen-bond donors (Lipinski definition) is 1. The Morgan fingerprint density at radius 2 is 2.03 bits per heavy atom. The first-order valence-corrected chi connectivity index (χ1v) is 10.4. The topological polar surface area (TPSA) is 92.1 Å². The van der Waals surface area contributed by atoms with Crippen molar-refractivity contribution in [2.45, 2.75) is 63.6 Å². The van der Waals surface area contributed by atoms with Crippen molar-refractivity contribution in [1.29, 1.82) is 0 Å². The Morgan fingerprint density at radius 1 is 1.28 bits per heavy atom. The molecule has 8 nitrogen and oxygen atoms in total. The lowest BCUT2D eigenvalue weighted by atomic mass is 9.77. The number of imide groups is 1. The summed E-state index contributed by atoms with van der Waals surface area (Å²) in [7, 11) is 1.60. The number of methoxy groups -OCH3 is 1. The second-order valence-corrected chi connectivity index (χ2v) is 8.57. The largest absolute Gasteiger partial charge is 0.461 e. The number of nitrogens with zero attached hydrogens (tertiary/aromatic N) is 2. The first-order valence-electron chi connectivity index (χ1n) is 10.4. The molecule has 1 aromatic rings. The van der Waals surface area contributed by atoms with E-state index < -0.39 is 11.6 Å². The number of urea groups is 1. The zero-order valence-corrected chi connectivity index (χ0v) is 17.1. The number of carbonyl (C=O) groups excluding carboxylic acids is 3. The molecule has 1 saturated carbocycles. The fourth-order valence-electron chi connectivity index (χ4n) is 4.79. The van der Waals surface area contributed by atoms with Crippen LogP contribution in [0.1, 0.15) is 63.0 Å². The van der Waals surface area contributed by atoms with E-state index in [2.05, 4.69) is 12.2 Å². The minimum atomic E-state index is -0.815. The van der Waals surface area contributed by atoms with E-state index in [0.717, 1.165) is 36.3 Å². The van der Waals surface area contributed by atoms with Crippen LogP contribution in [0.2, 0.25) is 0 Å². The fourth-order valence-corrected chi connectivity index (χ4v) is 4.79. The highest BCUT2D eigenvalue weighted by molar-refractivity contribution is 6.09. The van der Waals surface area contributed by atoms with Gasteiger partial charge in [-0.2, -0.15) is 0 Å². The standard InChI is InChI=1S/C21H29N3O5/c1-14-7-9-21(10-8-14)19(26)24(20(27)22-21)12-18(25)23-11-3-4-16(23)17-6-5-15(29-17)13-28-2/h5-6,14,16H,3-4,7-13H2,1-2H3,(H,22,27). The van der Waals surface area contributed by atoms with E-state index in [0.29, 0.717) is 37.7 Å². The number of rotatable bonds is 5. The minimum absolute atomic E-state index is 0.168. The SMILES string of the molecule is COCc1ccc(C2CCCN2C(=O)CN2C(=O)NC3(CCC(C)CC3)C2=O)o1. The van der Waals surface area contributed by atoms with Gasteiger partial charge >= 0.3 is 6.03 Å². The summed E-state index contributed by atoms with van der Waals surface area (Å²) in [5.74, 6) is 1.52. The molecule has 4 rings (SSSR count). The molecule has 8 heteroatoms. The normalized spacial score (nSPS) is 29.7. The molecule has 1 aliphatic carbocycles. The zero-order valence-electron chi connectivity index (χ0n) is 17.1. The molecule has 4 amide bonds. The van der Waals surface area contributed by atoms with E-state index >= 15 is 0 Å². The molecule has 0 aromatic carbocycles. The van der Waals surface area contributed by atoms with Crippen molar-refractivity contribution in [2.24, 2.45) is 5.92 Å². The third-order valence-electron chi connectivity index (χ3n) is 6.54. The van der Waals surface area contributed by atoms with Crippen LogP contribution >= 0.6 is 0 Å². The highest BCUT2D eigenvalue weighted by atomic mass is 16.5. The van der Waals surface area contributed by atoms with Crippen LogP contribution < -0.4 is 5.32 Å². The number of hydrogen-bond acceptors (Lipinski definition) is 5. The Morgan fingerprint density at radius 3 is 2.76 bits per heavy atom. The van der Waals surface area contributed by atoms with Crippen molar-refractivity contribution >= 4 is 17.8 Å². The summed E-state index contributed by atoms with van der Waals surface area (Å²) in [6.07, 6.45) is 4.76. The maximum Gasteiger partial charge on any atom is 0.325 e.